The third-order valence-corrected chi connectivity index (χ3v) is 3.22. The van der Waals surface area contributed by atoms with E-state index < -0.39 is 11.9 Å². The van der Waals surface area contributed by atoms with E-state index in [1.165, 1.54) is 11.1 Å². The Bertz CT molecular complexity index is 519. The van der Waals surface area contributed by atoms with Crippen molar-refractivity contribution >= 4 is 11.9 Å². The third-order valence-electron chi connectivity index (χ3n) is 3.22. The number of carbonyl (C=O) groups is 2. The number of carboxylic acid groups (broad SMARTS) is 1. The van der Waals surface area contributed by atoms with Crippen LogP contribution in [-0.4, -0.2) is 44.4 Å². The Morgan fingerprint density at radius 1 is 1.56 bits per heavy atom. The molecule has 0 aromatic carbocycles. The van der Waals surface area contributed by atoms with Gasteiger partial charge in [-0.05, 0) is 13.3 Å². The minimum atomic E-state index is -0.896. The molecule has 0 bridgehead atoms. The number of aromatic nitrogens is 2. The first kappa shape index (κ1) is 12.3. The zero-order chi connectivity index (χ0) is 13.3. The summed E-state index contributed by atoms with van der Waals surface area (Å²) in [5.74, 6) is -1.80. The second kappa shape index (κ2) is 4.59. The molecule has 0 radical (unpaired) electrons. The van der Waals surface area contributed by atoms with Crippen LogP contribution in [0, 0.1) is 5.92 Å². The molecule has 1 aliphatic rings. The molecule has 1 aliphatic heterocycles. The Morgan fingerprint density at radius 3 is 2.78 bits per heavy atom. The van der Waals surface area contributed by atoms with E-state index in [4.69, 9.17) is 5.11 Å². The minimum Gasteiger partial charge on any atom is -0.481 e. The van der Waals surface area contributed by atoms with Crippen molar-refractivity contribution < 1.29 is 14.7 Å². The molecule has 2 heterocycles. The highest BCUT2D eigenvalue weighted by atomic mass is 16.4. The van der Waals surface area contributed by atoms with Gasteiger partial charge in [0, 0.05) is 18.8 Å². The van der Waals surface area contributed by atoms with E-state index in [2.05, 4.69) is 9.97 Å². The van der Waals surface area contributed by atoms with Crippen LogP contribution in [-0.2, 0) is 4.79 Å². The highest BCUT2D eigenvalue weighted by Crippen LogP contribution is 2.25. The maximum Gasteiger partial charge on any atom is 0.308 e. The summed E-state index contributed by atoms with van der Waals surface area (Å²) in [7, 11) is 0. The van der Waals surface area contributed by atoms with Gasteiger partial charge in [-0.2, -0.15) is 0 Å². The van der Waals surface area contributed by atoms with Gasteiger partial charge in [-0.15, -0.1) is 0 Å². The molecule has 0 aliphatic carbocycles. The van der Waals surface area contributed by atoms with Crippen LogP contribution < -0.4 is 5.56 Å². The van der Waals surface area contributed by atoms with E-state index in [-0.39, 0.29) is 23.2 Å². The van der Waals surface area contributed by atoms with Gasteiger partial charge in [0.15, 0.2) is 0 Å². The molecule has 7 nitrogen and oxygen atoms in total. The molecular formula is C11H13N3O4. The van der Waals surface area contributed by atoms with Crippen molar-refractivity contribution in [3.63, 3.8) is 0 Å². The average Bonchev–Trinajstić information content (AvgIpc) is 2.71. The first-order valence-corrected chi connectivity index (χ1v) is 5.59. The number of aliphatic carboxylic acids is 1. The molecule has 7 heteroatoms. The highest BCUT2D eigenvalue weighted by Gasteiger charge is 2.38. The molecule has 1 amide bonds. The largest absolute Gasteiger partial charge is 0.481 e. The molecule has 1 saturated heterocycles. The number of H-pyrrole nitrogens is 1. The lowest BCUT2D eigenvalue weighted by molar-refractivity contribution is -0.142. The van der Waals surface area contributed by atoms with E-state index in [0.717, 1.165) is 6.20 Å². The predicted molar refractivity (Wildman–Crippen MR) is 61.1 cm³/mol. The predicted octanol–water partition coefficient (Wildman–Crippen LogP) is -0.295. The van der Waals surface area contributed by atoms with Crippen LogP contribution in [0.25, 0.3) is 0 Å². The summed E-state index contributed by atoms with van der Waals surface area (Å²) in [4.78, 5) is 41.5. The van der Waals surface area contributed by atoms with Gasteiger partial charge >= 0.3 is 5.97 Å². The van der Waals surface area contributed by atoms with E-state index in [1.807, 2.05) is 0 Å². The number of nitrogens with one attached hydrogen (secondary N) is 1. The number of amides is 1. The van der Waals surface area contributed by atoms with Gasteiger partial charge in [0.1, 0.15) is 5.69 Å². The Balaban J connectivity index is 2.18. The van der Waals surface area contributed by atoms with Crippen molar-refractivity contribution in [2.75, 3.05) is 6.54 Å². The molecule has 96 valence electrons. The number of rotatable bonds is 2. The van der Waals surface area contributed by atoms with E-state index in [1.54, 1.807) is 6.92 Å². The fourth-order valence-corrected chi connectivity index (χ4v) is 2.16. The number of likely N-dealkylation sites (tertiary alicyclic amines) is 1. The lowest BCUT2D eigenvalue weighted by Gasteiger charge is -2.22. The second-order valence-corrected chi connectivity index (χ2v) is 4.27. The number of hydrogen-bond acceptors (Lipinski definition) is 4. The summed E-state index contributed by atoms with van der Waals surface area (Å²) in [5, 5.41) is 8.99. The van der Waals surface area contributed by atoms with Crippen LogP contribution in [0.2, 0.25) is 0 Å². The molecule has 0 spiro atoms. The topological polar surface area (TPSA) is 103 Å². The minimum absolute atomic E-state index is 0.118. The van der Waals surface area contributed by atoms with E-state index in [0.29, 0.717) is 13.0 Å². The molecule has 2 atom stereocenters. The monoisotopic (exact) mass is 251 g/mol. The van der Waals surface area contributed by atoms with Gasteiger partial charge in [-0.25, -0.2) is 4.98 Å². The van der Waals surface area contributed by atoms with Crippen molar-refractivity contribution in [2.24, 2.45) is 5.92 Å². The standard InChI is InChI=1S/C11H13N3O4/c1-6-7(11(17)18)2-3-14(6)10(16)8-4-13-9(15)5-12-8/h4-7H,2-3H2,1H3,(H,13,15)(H,17,18). The van der Waals surface area contributed by atoms with Crippen molar-refractivity contribution in [1.29, 1.82) is 0 Å². The summed E-state index contributed by atoms with van der Waals surface area (Å²) in [6.45, 7) is 2.09. The van der Waals surface area contributed by atoms with Gasteiger partial charge in [0.25, 0.3) is 11.5 Å². The SMILES string of the molecule is CC1C(C(=O)O)CCN1C(=O)c1c[nH]c(=O)cn1. The number of carbonyl (C=O) groups excluding carboxylic acids is 1. The summed E-state index contributed by atoms with van der Waals surface area (Å²) in [6.07, 6.45) is 2.71. The first-order chi connectivity index (χ1) is 8.50. The maximum atomic E-state index is 12.1. The normalized spacial score (nSPS) is 23.1. The molecule has 1 fully saturated rings. The summed E-state index contributed by atoms with van der Waals surface area (Å²) in [5.41, 5.74) is -0.267. The van der Waals surface area contributed by atoms with Crippen LogP contribution in [0.3, 0.4) is 0 Å². The summed E-state index contributed by atoms with van der Waals surface area (Å²) < 4.78 is 0. The first-order valence-electron chi connectivity index (χ1n) is 5.59. The summed E-state index contributed by atoms with van der Waals surface area (Å²) in [6, 6.07) is -0.372. The smallest absolute Gasteiger partial charge is 0.308 e. The Hall–Kier alpha value is -2.18. The Labute approximate surface area is 102 Å². The van der Waals surface area contributed by atoms with E-state index >= 15 is 0 Å². The molecular weight excluding hydrogens is 238 g/mol. The van der Waals surface area contributed by atoms with Gasteiger partial charge in [0.05, 0.1) is 12.1 Å². The third kappa shape index (κ3) is 2.11. The van der Waals surface area contributed by atoms with Crippen molar-refractivity contribution in [2.45, 2.75) is 19.4 Å². The Morgan fingerprint density at radius 2 is 2.28 bits per heavy atom. The van der Waals surface area contributed by atoms with Gasteiger partial charge < -0.3 is 15.0 Å². The molecule has 2 N–H and O–H groups in total. The molecule has 1 aromatic rings. The van der Waals surface area contributed by atoms with E-state index in [9.17, 15) is 14.4 Å². The molecule has 0 saturated carbocycles. The quantitative estimate of drug-likeness (QED) is 0.751. The molecule has 2 rings (SSSR count). The second-order valence-electron chi connectivity index (χ2n) is 4.27. The van der Waals surface area contributed by atoms with Crippen LogP contribution >= 0.6 is 0 Å². The average molecular weight is 251 g/mol. The van der Waals surface area contributed by atoms with Crippen LogP contribution in [0.4, 0.5) is 0 Å². The number of nitrogens with zero attached hydrogens (tertiary/aromatic N) is 2. The zero-order valence-electron chi connectivity index (χ0n) is 9.79. The van der Waals surface area contributed by atoms with Gasteiger partial charge in [-0.3, -0.25) is 14.4 Å². The Kier molecular flexibility index (Phi) is 3.14. The molecule has 2 unspecified atom stereocenters. The lowest BCUT2D eigenvalue weighted by atomic mass is 10.0. The van der Waals surface area contributed by atoms with Gasteiger partial charge in [0.2, 0.25) is 0 Å². The number of carboxylic acids is 1. The van der Waals surface area contributed by atoms with Crippen molar-refractivity contribution in [3.8, 4) is 0 Å². The van der Waals surface area contributed by atoms with Crippen molar-refractivity contribution in [3.05, 3.63) is 28.4 Å². The number of aromatic amines is 1. The lowest BCUT2D eigenvalue weighted by Crippen LogP contribution is -2.38. The zero-order valence-corrected chi connectivity index (χ0v) is 9.79. The summed E-state index contributed by atoms with van der Waals surface area (Å²) >= 11 is 0. The van der Waals surface area contributed by atoms with Crippen LogP contribution in [0.5, 0.6) is 0 Å². The van der Waals surface area contributed by atoms with Crippen LogP contribution in [0.15, 0.2) is 17.2 Å². The molecule has 18 heavy (non-hydrogen) atoms. The highest BCUT2D eigenvalue weighted by molar-refractivity contribution is 5.93. The fraction of sp³-hybridized carbons (Fsp3) is 0.455. The van der Waals surface area contributed by atoms with Gasteiger partial charge in [-0.1, -0.05) is 0 Å². The van der Waals surface area contributed by atoms with Crippen LogP contribution in [0.1, 0.15) is 23.8 Å². The number of hydrogen-bond donors (Lipinski definition) is 2. The fourth-order valence-electron chi connectivity index (χ4n) is 2.16. The maximum absolute atomic E-state index is 12.1. The van der Waals surface area contributed by atoms with Crippen molar-refractivity contribution in [1.82, 2.24) is 14.9 Å². The molecule has 1 aromatic heterocycles.